The maximum Gasteiger partial charge on any atom is 0.478 e. The number of thiazole rings is 1. The predicted octanol–water partition coefficient (Wildman–Crippen LogP) is 3.98. The Morgan fingerprint density at radius 1 is 1.21 bits per heavy atom. The molecule has 0 saturated carbocycles. The Hall–Kier alpha value is -3.87. The standard InChI is InChI=1S/C21H16F4N6O2S/c1-11(13-3-5-17(21(23,24)25)31(33)9-13)28-20(32)15-10-30(18-6-4-14(22)7-27-18)29-19(15)16-8-26-12(2)34-16/h3-11H,1-2H3,(H,28,32)/t11-/m1/s1. The topological polar surface area (TPSA) is 99.6 Å². The molecule has 0 aliphatic heterocycles. The van der Waals surface area contributed by atoms with Crippen molar-refractivity contribution in [3.05, 3.63) is 81.9 Å². The molecule has 4 heterocycles. The Bertz CT molecular complexity index is 1350. The summed E-state index contributed by atoms with van der Waals surface area (Å²) in [6, 6.07) is 3.59. The number of aryl methyl sites for hydroxylation is 1. The van der Waals surface area contributed by atoms with Crippen LogP contribution in [-0.2, 0) is 6.18 Å². The van der Waals surface area contributed by atoms with Crippen molar-refractivity contribution in [3.8, 4) is 16.4 Å². The Morgan fingerprint density at radius 3 is 2.56 bits per heavy atom. The molecule has 4 aromatic heterocycles. The van der Waals surface area contributed by atoms with Gasteiger partial charge in [-0.1, -0.05) is 0 Å². The number of carbonyl (C=O) groups excluding carboxylic acids is 1. The smallest absolute Gasteiger partial charge is 0.478 e. The summed E-state index contributed by atoms with van der Waals surface area (Å²) in [5, 5.41) is 19.6. The largest absolute Gasteiger partial charge is 0.618 e. The van der Waals surface area contributed by atoms with Crippen LogP contribution in [0.25, 0.3) is 16.4 Å². The fourth-order valence-corrected chi connectivity index (χ4v) is 3.92. The van der Waals surface area contributed by atoms with E-state index in [1.165, 1.54) is 41.3 Å². The molecule has 0 spiro atoms. The van der Waals surface area contributed by atoms with E-state index < -0.39 is 29.6 Å². The van der Waals surface area contributed by atoms with Crippen LogP contribution in [0.1, 0.15) is 39.6 Å². The first-order valence-electron chi connectivity index (χ1n) is 9.78. The summed E-state index contributed by atoms with van der Waals surface area (Å²) in [5.41, 5.74) is -0.735. The number of hydrogen-bond acceptors (Lipinski definition) is 6. The lowest BCUT2D eigenvalue weighted by Crippen LogP contribution is -2.38. The first kappa shape index (κ1) is 23.3. The third-order valence-electron chi connectivity index (χ3n) is 4.84. The van der Waals surface area contributed by atoms with E-state index in [2.05, 4.69) is 20.4 Å². The summed E-state index contributed by atoms with van der Waals surface area (Å²) in [5.74, 6) is -0.849. The molecule has 4 rings (SSSR count). The third-order valence-corrected chi connectivity index (χ3v) is 5.75. The van der Waals surface area contributed by atoms with Crippen LogP contribution in [0.3, 0.4) is 0 Å². The number of halogens is 4. The average Bonchev–Trinajstić information content (AvgIpc) is 3.39. The molecule has 0 aliphatic rings. The molecule has 0 aromatic carbocycles. The number of carbonyl (C=O) groups is 1. The van der Waals surface area contributed by atoms with Crippen LogP contribution in [0.4, 0.5) is 17.6 Å². The monoisotopic (exact) mass is 492 g/mol. The van der Waals surface area contributed by atoms with Gasteiger partial charge in [-0.15, -0.1) is 11.3 Å². The quantitative estimate of drug-likeness (QED) is 0.258. The summed E-state index contributed by atoms with van der Waals surface area (Å²) < 4.78 is 52.9. The van der Waals surface area contributed by atoms with Gasteiger partial charge >= 0.3 is 6.18 Å². The summed E-state index contributed by atoms with van der Waals surface area (Å²) in [6.07, 6.45) is -0.0445. The van der Waals surface area contributed by atoms with Crippen molar-refractivity contribution in [1.82, 2.24) is 25.1 Å². The van der Waals surface area contributed by atoms with Crippen molar-refractivity contribution in [3.63, 3.8) is 0 Å². The number of aromatic nitrogens is 5. The van der Waals surface area contributed by atoms with E-state index in [-0.39, 0.29) is 21.7 Å². The highest BCUT2D eigenvalue weighted by molar-refractivity contribution is 7.15. The number of alkyl halides is 3. The number of hydrogen-bond donors (Lipinski definition) is 1. The molecule has 0 bridgehead atoms. The zero-order valence-electron chi connectivity index (χ0n) is 17.7. The van der Waals surface area contributed by atoms with Gasteiger partial charge in [-0.25, -0.2) is 19.0 Å². The molecule has 13 heteroatoms. The highest BCUT2D eigenvalue weighted by Crippen LogP contribution is 2.30. The predicted molar refractivity (Wildman–Crippen MR) is 113 cm³/mol. The maximum absolute atomic E-state index is 13.3. The fraction of sp³-hybridized carbons (Fsp3) is 0.190. The Kier molecular flexibility index (Phi) is 6.04. The molecule has 0 aliphatic carbocycles. The van der Waals surface area contributed by atoms with Gasteiger partial charge in [0.25, 0.3) is 11.6 Å². The SMILES string of the molecule is Cc1ncc(-c2nn(-c3ccc(F)cn3)cc2C(=O)N[C@H](C)c2ccc(C(F)(F)F)[n+]([O-])c2)s1. The van der Waals surface area contributed by atoms with Crippen molar-refractivity contribution in [2.75, 3.05) is 0 Å². The van der Waals surface area contributed by atoms with Gasteiger partial charge < -0.3 is 10.5 Å². The molecular weight excluding hydrogens is 476 g/mol. The molecule has 0 fully saturated rings. The minimum Gasteiger partial charge on any atom is -0.618 e. The minimum absolute atomic E-state index is 0.142. The van der Waals surface area contributed by atoms with Crippen LogP contribution >= 0.6 is 11.3 Å². The highest BCUT2D eigenvalue weighted by atomic mass is 32.1. The molecule has 0 radical (unpaired) electrons. The lowest BCUT2D eigenvalue weighted by Gasteiger charge is -2.15. The van der Waals surface area contributed by atoms with E-state index >= 15 is 0 Å². The molecule has 1 atom stereocenters. The van der Waals surface area contributed by atoms with Gasteiger partial charge in [0, 0.05) is 24.0 Å². The zero-order valence-corrected chi connectivity index (χ0v) is 18.5. The first-order valence-corrected chi connectivity index (χ1v) is 10.6. The Balaban J connectivity index is 1.65. The van der Waals surface area contributed by atoms with E-state index in [0.29, 0.717) is 16.6 Å². The third kappa shape index (κ3) is 4.73. The van der Waals surface area contributed by atoms with E-state index in [1.807, 2.05) is 0 Å². The Morgan fingerprint density at radius 2 is 1.97 bits per heavy atom. The van der Waals surface area contributed by atoms with Crippen molar-refractivity contribution >= 4 is 17.2 Å². The molecule has 34 heavy (non-hydrogen) atoms. The van der Waals surface area contributed by atoms with E-state index in [4.69, 9.17) is 0 Å². The number of amides is 1. The molecule has 0 unspecified atom stereocenters. The zero-order chi connectivity index (χ0) is 24.6. The average molecular weight is 492 g/mol. The van der Waals surface area contributed by atoms with Crippen molar-refractivity contribution < 1.29 is 27.1 Å². The second kappa shape index (κ2) is 8.82. The van der Waals surface area contributed by atoms with Gasteiger partial charge in [-0.2, -0.15) is 23.0 Å². The van der Waals surface area contributed by atoms with Crippen LogP contribution in [0.15, 0.2) is 49.1 Å². The molecule has 176 valence electrons. The van der Waals surface area contributed by atoms with Crippen molar-refractivity contribution in [2.24, 2.45) is 0 Å². The van der Waals surface area contributed by atoms with Crippen LogP contribution < -0.4 is 10.0 Å². The summed E-state index contributed by atoms with van der Waals surface area (Å²) >= 11 is 1.31. The molecule has 8 nitrogen and oxygen atoms in total. The van der Waals surface area contributed by atoms with Crippen LogP contribution in [0, 0.1) is 17.9 Å². The second-order valence-corrected chi connectivity index (χ2v) is 8.52. The van der Waals surface area contributed by atoms with Gasteiger partial charge in [-0.05, 0) is 32.0 Å². The van der Waals surface area contributed by atoms with Gasteiger partial charge in [0.2, 0.25) is 0 Å². The second-order valence-electron chi connectivity index (χ2n) is 7.28. The van der Waals surface area contributed by atoms with Crippen LogP contribution in [0.2, 0.25) is 0 Å². The summed E-state index contributed by atoms with van der Waals surface area (Å²) in [7, 11) is 0. The fourth-order valence-electron chi connectivity index (χ4n) is 3.14. The van der Waals surface area contributed by atoms with Gasteiger partial charge in [0.1, 0.15) is 11.5 Å². The number of nitrogens with zero attached hydrogens (tertiary/aromatic N) is 5. The number of nitrogens with one attached hydrogen (secondary N) is 1. The lowest BCUT2D eigenvalue weighted by molar-refractivity contribution is -0.629. The van der Waals surface area contributed by atoms with E-state index in [0.717, 1.165) is 23.5 Å². The van der Waals surface area contributed by atoms with Crippen LogP contribution in [-0.4, -0.2) is 25.7 Å². The van der Waals surface area contributed by atoms with Crippen LogP contribution in [0.5, 0.6) is 0 Å². The summed E-state index contributed by atoms with van der Waals surface area (Å²) in [4.78, 5) is 21.8. The molecule has 4 aromatic rings. The van der Waals surface area contributed by atoms with Crippen molar-refractivity contribution in [1.29, 1.82) is 0 Å². The Labute approximate surface area is 194 Å². The van der Waals surface area contributed by atoms with Gasteiger partial charge in [0.05, 0.1) is 27.7 Å². The summed E-state index contributed by atoms with van der Waals surface area (Å²) in [6.45, 7) is 3.32. The molecular formula is C21H16F4N6O2S. The molecule has 0 saturated heterocycles. The van der Waals surface area contributed by atoms with E-state index in [1.54, 1.807) is 13.1 Å². The number of pyridine rings is 2. The number of rotatable bonds is 5. The lowest BCUT2D eigenvalue weighted by atomic mass is 10.1. The van der Waals surface area contributed by atoms with E-state index in [9.17, 15) is 27.6 Å². The van der Waals surface area contributed by atoms with Gasteiger partial charge in [-0.3, -0.25) is 4.79 Å². The normalized spacial score (nSPS) is 12.5. The van der Waals surface area contributed by atoms with Crippen molar-refractivity contribution in [2.45, 2.75) is 26.1 Å². The maximum atomic E-state index is 13.3. The van der Waals surface area contributed by atoms with Gasteiger partial charge in [0.15, 0.2) is 12.0 Å². The molecule has 1 amide bonds. The molecule has 1 N–H and O–H groups in total. The highest BCUT2D eigenvalue weighted by Gasteiger charge is 2.39. The first-order chi connectivity index (χ1) is 16.0. The minimum atomic E-state index is -4.79.